The lowest BCUT2D eigenvalue weighted by molar-refractivity contribution is -0.139. The molecule has 0 aromatic carbocycles. The van der Waals surface area contributed by atoms with Crippen LogP contribution in [0.4, 0.5) is 38.0 Å². The molecule has 200 valence electrons. The van der Waals surface area contributed by atoms with E-state index in [0.29, 0.717) is 25.3 Å². The van der Waals surface area contributed by atoms with Gasteiger partial charge < -0.3 is 15.0 Å². The summed E-state index contributed by atoms with van der Waals surface area (Å²) in [4.78, 5) is 21.0. The maximum atomic E-state index is 13.2. The maximum absolute atomic E-state index is 13.2. The lowest BCUT2D eigenvalue weighted by Crippen LogP contribution is -2.35. The van der Waals surface area contributed by atoms with Crippen molar-refractivity contribution in [3.8, 4) is 0 Å². The number of halogens is 6. The molecular weight excluding hydrogens is 510 g/mol. The summed E-state index contributed by atoms with van der Waals surface area (Å²) in [5.41, 5.74) is -2.76. The van der Waals surface area contributed by atoms with Crippen molar-refractivity contribution < 1.29 is 31.1 Å². The number of ether oxygens (including phenoxy) is 1. The molecule has 0 saturated heterocycles. The van der Waals surface area contributed by atoms with E-state index in [4.69, 9.17) is 4.74 Å². The summed E-state index contributed by atoms with van der Waals surface area (Å²) < 4.78 is 85.5. The van der Waals surface area contributed by atoms with Gasteiger partial charge in [-0.3, -0.25) is 9.48 Å². The number of hydrogen-bond donors (Lipinski definition) is 2. The third-order valence-electron chi connectivity index (χ3n) is 5.62. The van der Waals surface area contributed by atoms with E-state index in [2.05, 4.69) is 25.5 Å². The number of anilines is 2. The summed E-state index contributed by atoms with van der Waals surface area (Å²) in [6.07, 6.45) is -7.53. The number of alkyl halides is 6. The van der Waals surface area contributed by atoms with E-state index in [1.54, 1.807) is 34.6 Å². The molecule has 1 aliphatic heterocycles. The zero-order chi connectivity index (χ0) is 27.0. The maximum Gasteiger partial charge on any atom is 0.423 e. The number of rotatable bonds is 7. The van der Waals surface area contributed by atoms with Crippen LogP contribution in [0.15, 0.2) is 29.5 Å². The Morgan fingerprint density at radius 3 is 2.43 bits per heavy atom. The van der Waals surface area contributed by atoms with Gasteiger partial charge in [-0.05, 0) is 19.9 Å². The Morgan fingerprint density at radius 2 is 1.78 bits per heavy atom. The Bertz CT molecular complexity index is 1290. The fourth-order valence-electron chi connectivity index (χ4n) is 3.76. The second-order valence-corrected chi connectivity index (χ2v) is 8.48. The van der Waals surface area contributed by atoms with E-state index in [1.807, 2.05) is 0 Å². The van der Waals surface area contributed by atoms with Gasteiger partial charge in [0.2, 0.25) is 5.95 Å². The van der Waals surface area contributed by atoms with Gasteiger partial charge in [0.15, 0.2) is 0 Å². The van der Waals surface area contributed by atoms with Gasteiger partial charge in [-0.2, -0.15) is 36.5 Å². The van der Waals surface area contributed by atoms with Crippen molar-refractivity contribution >= 4 is 11.6 Å². The number of aromatic nitrogens is 6. The number of nitrogens with one attached hydrogen (secondary N) is 2. The van der Waals surface area contributed by atoms with Gasteiger partial charge >= 0.3 is 12.4 Å². The second kappa shape index (κ2) is 9.99. The van der Waals surface area contributed by atoms with Crippen LogP contribution in [0.25, 0.3) is 0 Å². The zero-order valence-corrected chi connectivity index (χ0v) is 19.6. The Kier molecular flexibility index (Phi) is 7.12. The van der Waals surface area contributed by atoms with Crippen LogP contribution >= 0.6 is 0 Å². The van der Waals surface area contributed by atoms with Crippen molar-refractivity contribution in [3.63, 3.8) is 0 Å². The summed E-state index contributed by atoms with van der Waals surface area (Å²) >= 11 is 0. The van der Waals surface area contributed by atoms with E-state index < -0.39 is 46.9 Å². The molecule has 4 heterocycles. The highest BCUT2D eigenvalue weighted by atomic mass is 19.4. The Balaban J connectivity index is 1.36. The van der Waals surface area contributed by atoms with Crippen LogP contribution in [0, 0.1) is 0 Å². The minimum absolute atomic E-state index is 0.00102. The minimum Gasteiger partial charge on any atom is -0.378 e. The highest BCUT2D eigenvalue weighted by Gasteiger charge is 2.37. The molecule has 37 heavy (non-hydrogen) atoms. The topological polar surface area (TPSA) is 114 Å². The van der Waals surface area contributed by atoms with Gasteiger partial charge in [-0.15, -0.1) is 0 Å². The van der Waals surface area contributed by atoms with Crippen molar-refractivity contribution in [3.05, 3.63) is 57.5 Å². The summed E-state index contributed by atoms with van der Waals surface area (Å²) in [6.45, 7) is 4.52. The summed E-state index contributed by atoms with van der Waals surface area (Å²) in [5.74, 6) is 0.165. The zero-order valence-electron chi connectivity index (χ0n) is 19.6. The molecule has 3 aromatic rings. The van der Waals surface area contributed by atoms with Crippen LogP contribution in [-0.4, -0.2) is 49.1 Å². The monoisotopic (exact) mass is 532 g/mol. The molecule has 4 rings (SSSR count). The quantitative estimate of drug-likeness (QED) is 0.446. The largest absolute Gasteiger partial charge is 0.423 e. The predicted octanol–water partition coefficient (Wildman–Crippen LogP) is 3.39. The standard InChI is InChI=1S/C21H22F6N8O2/c1-11(31-16-8-30-32-18(36)17(16)21(25,26)27)10-37-12(2)15-5-14-9-34(3-4-35(14)33-15)19-28-6-13(7-29-19)20(22,23)24/h5-8,11-12H,3-4,9-10H2,1-2H3,(H2,31,32,36)/t11?,12-/m1/s1. The summed E-state index contributed by atoms with van der Waals surface area (Å²) in [5, 5.41) is 12.3. The number of H-pyrrole nitrogens is 1. The molecule has 1 aliphatic rings. The molecular formula is C21H22F6N8O2. The fraction of sp³-hybridized carbons (Fsp3) is 0.476. The first-order valence-electron chi connectivity index (χ1n) is 11.1. The molecule has 0 bridgehead atoms. The van der Waals surface area contributed by atoms with E-state index in [-0.39, 0.29) is 12.6 Å². The van der Waals surface area contributed by atoms with Crippen LogP contribution in [-0.2, 0) is 30.2 Å². The molecule has 16 heteroatoms. The van der Waals surface area contributed by atoms with Crippen molar-refractivity contribution in [1.82, 2.24) is 29.9 Å². The summed E-state index contributed by atoms with van der Waals surface area (Å²) in [6, 6.07) is 1.18. The highest BCUT2D eigenvalue weighted by Crippen LogP contribution is 2.32. The van der Waals surface area contributed by atoms with Gasteiger partial charge in [-0.1, -0.05) is 0 Å². The highest BCUT2D eigenvalue weighted by molar-refractivity contribution is 5.50. The Morgan fingerprint density at radius 1 is 1.08 bits per heavy atom. The molecule has 0 saturated carbocycles. The lowest BCUT2D eigenvalue weighted by atomic mass is 10.2. The van der Waals surface area contributed by atoms with Crippen molar-refractivity contribution in [2.45, 2.75) is 51.4 Å². The Hall–Kier alpha value is -3.69. The number of aromatic amines is 1. The van der Waals surface area contributed by atoms with Gasteiger partial charge in [0, 0.05) is 25.0 Å². The van der Waals surface area contributed by atoms with E-state index in [1.165, 1.54) is 0 Å². The number of fused-ring (bicyclic) bond motifs is 1. The van der Waals surface area contributed by atoms with E-state index in [0.717, 1.165) is 24.3 Å². The van der Waals surface area contributed by atoms with Crippen LogP contribution in [0.3, 0.4) is 0 Å². The first kappa shape index (κ1) is 26.4. The SMILES string of the molecule is CC(CO[C@H](C)c1cc2n(n1)CCN(c1ncc(C(F)(F)F)cn1)C2)Nc1cn[nH]c(=O)c1C(F)(F)F. The average molecular weight is 532 g/mol. The molecule has 0 radical (unpaired) electrons. The van der Waals surface area contributed by atoms with Gasteiger partial charge in [0.05, 0.1) is 54.6 Å². The minimum atomic E-state index is -4.86. The van der Waals surface area contributed by atoms with Crippen LogP contribution < -0.4 is 15.8 Å². The van der Waals surface area contributed by atoms with Crippen LogP contribution in [0.2, 0.25) is 0 Å². The smallest absolute Gasteiger partial charge is 0.378 e. The fourth-order valence-corrected chi connectivity index (χ4v) is 3.76. The Labute approximate surface area is 205 Å². The van der Waals surface area contributed by atoms with E-state index >= 15 is 0 Å². The van der Waals surface area contributed by atoms with Gasteiger partial charge in [-0.25, -0.2) is 15.1 Å². The van der Waals surface area contributed by atoms with Crippen LogP contribution in [0.5, 0.6) is 0 Å². The number of nitrogens with zero attached hydrogens (tertiary/aromatic N) is 6. The third kappa shape index (κ3) is 6.00. The third-order valence-corrected chi connectivity index (χ3v) is 5.62. The molecule has 2 N–H and O–H groups in total. The molecule has 3 aromatic heterocycles. The molecule has 2 atom stereocenters. The molecule has 0 aliphatic carbocycles. The van der Waals surface area contributed by atoms with Gasteiger partial charge in [0.1, 0.15) is 5.56 Å². The molecule has 0 amide bonds. The first-order chi connectivity index (χ1) is 17.3. The van der Waals surface area contributed by atoms with Crippen molar-refractivity contribution in [2.75, 3.05) is 23.4 Å². The van der Waals surface area contributed by atoms with Crippen LogP contribution in [0.1, 0.15) is 42.5 Å². The first-order valence-corrected chi connectivity index (χ1v) is 11.1. The lowest BCUT2D eigenvalue weighted by Gasteiger charge is -2.27. The number of hydrogen-bond acceptors (Lipinski definition) is 8. The predicted molar refractivity (Wildman–Crippen MR) is 118 cm³/mol. The summed E-state index contributed by atoms with van der Waals surface area (Å²) in [7, 11) is 0. The van der Waals surface area contributed by atoms with E-state index in [9.17, 15) is 31.1 Å². The molecule has 1 unspecified atom stereocenters. The molecule has 10 nitrogen and oxygen atoms in total. The molecule has 0 spiro atoms. The normalized spacial score (nSPS) is 15.8. The van der Waals surface area contributed by atoms with Crippen molar-refractivity contribution in [1.29, 1.82) is 0 Å². The molecule has 0 fully saturated rings. The van der Waals surface area contributed by atoms with Gasteiger partial charge in [0.25, 0.3) is 5.56 Å². The average Bonchev–Trinajstić information content (AvgIpc) is 3.25. The van der Waals surface area contributed by atoms with Crippen molar-refractivity contribution in [2.24, 2.45) is 0 Å². The second-order valence-electron chi connectivity index (χ2n) is 8.48.